The third-order valence-corrected chi connectivity index (χ3v) is 6.82. The number of rotatable bonds is 4. The fourth-order valence-electron chi connectivity index (χ4n) is 3.80. The lowest BCUT2D eigenvalue weighted by atomic mass is 9.92. The molecule has 2 saturated heterocycles. The third-order valence-electron chi connectivity index (χ3n) is 5.31. The van der Waals surface area contributed by atoms with E-state index in [-0.39, 0.29) is 0 Å². The summed E-state index contributed by atoms with van der Waals surface area (Å²) in [4.78, 5) is 3.47. The summed E-state index contributed by atoms with van der Waals surface area (Å²) in [6.45, 7) is 4.12. The van der Waals surface area contributed by atoms with Gasteiger partial charge in [0.25, 0.3) is 0 Å². The standard InChI is InChI=1S/C19H27N3OS/c1-2-3-16-8-12-21(13-9-16)18-10-14-22(15-11-18)24(23)19-6-4-17(20)5-7-19/h1,4-7,16,18H,3,8-15,20H2. The molecule has 0 spiro atoms. The van der Waals surface area contributed by atoms with Crippen LogP contribution >= 0.6 is 0 Å². The Morgan fingerprint density at radius 1 is 1.08 bits per heavy atom. The largest absolute Gasteiger partial charge is 0.399 e. The molecule has 0 bridgehead atoms. The molecule has 130 valence electrons. The molecule has 2 heterocycles. The van der Waals surface area contributed by atoms with Crippen molar-refractivity contribution in [1.82, 2.24) is 9.21 Å². The maximum absolute atomic E-state index is 12.7. The van der Waals surface area contributed by atoms with E-state index in [4.69, 9.17) is 12.2 Å². The highest BCUT2D eigenvalue weighted by molar-refractivity contribution is 7.82. The molecule has 2 fully saturated rings. The Bertz CT molecular complexity index is 594. The first kappa shape index (κ1) is 17.5. The van der Waals surface area contributed by atoms with Crippen LogP contribution in [0.15, 0.2) is 29.2 Å². The Morgan fingerprint density at radius 2 is 1.71 bits per heavy atom. The van der Waals surface area contributed by atoms with Gasteiger partial charge in [0.05, 0.1) is 4.90 Å². The SMILES string of the molecule is C#CCC1CCN(C2CCN(S(=O)c3ccc(N)cc3)CC2)CC1. The summed E-state index contributed by atoms with van der Waals surface area (Å²) in [5, 5.41) is 0. The minimum Gasteiger partial charge on any atom is -0.399 e. The van der Waals surface area contributed by atoms with Gasteiger partial charge in [0.2, 0.25) is 0 Å². The van der Waals surface area contributed by atoms with Gasteiger partial charge in [-0.3, -0.25) is 0 Å². The lowest BCUT2D eigenvalue weighted by molar-refractivity contribution is 0.0990. The number of nitrogens with two attached hydrogens (primary N) is 1. The van der Waals surface area contributed by atoms with E-state index in [0.717, 1.165) is 50.3 Å². The highest BCUT2D eigenvalue weighted by Crippen LogP contribution is 2.26. The number of benzene rings is 1. The Morgan fingerprint density at radius 3 is 2.29 bits per heavy atom. The highest BCUT2D eigenvalue weighted by atomic mass is 32.2. The molecule has 3 rings (SSSR count). The van der Waals surface area contributed by atoms with Gasteiger partial charge in [-0.2, -0.15) is 0 Å². The van der Waals surface area contributed by atoms with Gasteiger partial charge >= 0.3 is 0 Å². The van der Waals surface area contributed by atoms with Gasteiger partial charge < -0.3 is 10.6 Å². The maximum Gasteiger partial charge on any atom is 0.127 e. The molecule has 0 aliphatic carbocycles. The zero-order chi connectivity index (χ0) is 16.9. The molecule has 0 amide bonds. The zero-order valence-corrected chi connectivity index (χ0v) is 15.0. The van der Waals surface area contributed by atoms with Crippen LogP contribution in [0.2, 0.25) is 0 Å². The summed E-state index contributed by atoms with van der Waals surface area (Å²) < 4.78 is 14.8. The number of hydrogen-bond donors (Lipinski definition) is 1. The van der Waals surface area contributed by atoms with Crippen molar-refractivity contribution in [2.24, 2.45) is 5.92 Å². The molecule has 4 nitrogen and oxygen atoms in total. The Labute approximate surface area is 148 Å². The second-order valence-corrected chi connectivity index (χ2v) is 8.35. The van der Waals surface area contributed by atoms with Gasteiger partial charge in [0, 0.05) is 31.2 Å². The van der Waals surface area contributed by atoms with E-state index < -0.39 is 11.0 Å². The summed E-state index contributed by atoms with van der Waals surface area (Å²) in [5.41, 5.74) is 6.42. The van der Waals surface area contributed by atoms with Gasteiger partial charge in [-0.15, -0.1) is 12.3 Å². The van der Waals surface area contributed by atoms with Crippen molar-refractivity contribution in [3.05, 3.63) is 24.3 Å². The van der Waals surface area contributed by atoms with Gasteiger partial charge in [0.1, 0.15) is 11.0 Å². The number of likely N-dealkylation sites (tertiary alicyclic amines) is 1. The Balaban J connectivity index is 1.48. The first-order valence-corrected chi connectivity index (χ1v) is 9.98. The molecule has 24 heavy (non-hydrogen) atoms. The van der Waals surface area contributed by atoms with Crippen LogP contribution in [-0.4, -0.2) is 45.6 Å². The minimum absolute atomic E-state index is 0.636. The van der Waals surface area contributed by atoms with Gasteiger partial charge in [-0.25, -0.2) is 8.51 Å². The van der Waals surface area contributed by atoms with Crippen LogP contribution in [-0.2, 0) is 11.0 Å². The molecule has 1 aromatic rings. The van der Waals surface area contributed by atoms with E-state index in [9.17, 15) is 4.21 Å². The van der Waals surface area contributed by atoms with Crippen molar-refractivity contribution in [3.8, 4) is 12.3 Å². The molecule has 2 aliphatic rings. The number of nitrogens with zero attached hydrogens (tertiary/aromatic N) is 2. The molecule has 1 unspecified atom stereocenters. The van der Waals surface area contributed by atoms with Crippen LogP contribution in [0.3, 0.4) is 0 Å². The average Bonchev–Trinajstić information content (AvgIpc) is 2.63. The molecule has 1 aromatic carbocycles. The van der Waals surface area contributed by atoms with E-state index in [1.807, 2.05) is 24.3 Å². The third kappa shape index (κ3) is 4.18. The molecule has 1 atom stereocenters. The van der Waals surface area contributed by atoms with Crippen molar-refractivity contribution >= 4 is 16.7 Å². The van der Waals surface area contributed by atoms with Crippen molar-refractivity contribution in [3.63, 3.8) is 0 Å². The minimum atomic E-state index is -1.07. The number of nitrogen functional groups attached to an aromatic ring is 1. The zero-order valence-electron chi connectivity index (χ0n) is 14.2. The topological polar surface area (TPSA) is 49.6 Å². The lowest BCUT2D eigenvalue weighted by Gasteiger charge is -2.41. The molecular weight excluding hydrogens is 318 g/mol. The van der Waals surface area contributed by atoms with E-state index in [2.05, 4.69) is 15.1 Å². The normalized spacial score (nSPS) is 23.0. The van der Waals surface area contributed by atoms with Crippen molar-refractivity contribution in [2.75, 3.05) is 31.9 Å². The number of terminal acetylenes is 1. The van der Waals surface area contributed by atoms with Crippen molar-refractivity contribution < 1.29 is 4.21 Å². The van der Waals surface area contributed by atoms with Crippen LogP contribution in [0, 0.1) is 18.3 Å². The Kier molecular flexibility index (Phi) is 5.94. The number of anilines is 1. The molecule has 2 aliphatic heterocycles. The molecule has 0 radical (unpaired) electrons. The first-order chi connectivity index (χ1) is 11.7. The summed E-state index contributed by atoms with van der Waals surface area (Å²) in [6, 6.07) is 8.01. The monoisotopic (exact) mass is 345 g/mol. The van der Waals surface area contributed by atoms with Crippen LogP contribution in [0.4, 0.5) is 5.69 Å². The Hall–Kier alpha value is -1.35. The van der Waals surface area contributed by atoms with E-state index >= 15 is 0 Å². The van der Waals surface area contributed by atoms with Gasteiger partial charge in [0.15, 0.2) is 0 Å². The van der Waals surface area contributed by atoms with E-state index in [0.29, 0.717) is 17.6 Å². The second kappa shape index (κ2) is 8.15. The number of hydrogen-bond acceptors (Lipinski definition) is 3. The average molecular weight is 346 g/mol. The van der Waals surface area contributed by atoms with Crippen molar-refractivity contribution in [1.29, 1.82) is 0 Å². The number of piperidine rings is 2. The molecule has 0 aromatic heterocycles. The molecular formula is C19H27N3OS. The summed E-state index contributed by atoms with van der Waals surface area (Å²) in [7, 11) is -1.07. The predicted molar refractivity (Wildman–Crippen MR) is 99.6 cm³/mol. The fourth-order valence-corrected chi connectivity index (χ4v) is 5.00. The van der Waals surface area contributed by atoms with Gasteiger partial charge in [-0.05, 0) is 69.0 Å². The van der Waals surface area contributed by atoms with E-state index in [1.165, 1.54) is 12.8 Å². The van der Waals surface area contributed by atoms with Gasteiger partial charge in [-0.1, -0.05) is 0 Å². The molecule has 0 saturated carbocycles. The highest BCUT2D eigenvalue weighted by Gasteiger charge is 2.29. The predicted octanol–water partition coefficient (Wildman–Crippen LogP) is 2.49. The smallest absolute Gasteiger partial charge is 0.127 e. The van der Waals surface area contributed by atoms with Crippen LogP contribution < -0.4 is 5.73 Å². The second-order valence-electron chi connectivity index (χ2n) is 6.87. The van der Waals surface area contributed by atoms with E-state index in [1.54, 1.807) is 0 Å². The fraction of sp³-hybridized carbons (Fsp3) is 0.579. The summed E-state index contributed by atoms with van der Waals surface area (Å²) in [5.74, 6) is 3.51. The lowest BCUT2D eigenvalue weighted by Crippen LogP contribution is -2.48. The van der Waals surface area contributed by atoms with Crippen LogP contribution in [0.1, 0.15) is 32.1 Å². The first-order valence-electron chi connectivity index (χ1n) is 8.87. The van der Waals surface area contributed by atoms with Crippen molar-refractivity contribution in [2.45, 2.75) is 43.0 Å². The molecule has 5 heteroatoms. The van der Waals surface area contributed by atoms with Crippen LogP contribution in [0.5, 0.6) is 0 Å². The quantitative estimate of drug-likeness (QED) is 0.674. The maximum atomic E-state index is 12.7. The van der Waals surface area contributed by atoms with Crippen LogP contribution in [0.25, 0.3) is 0 Å². The summed E-state index contributed by atoms with van der Waals surface area (Å²) >= 11 is 0. The molecule has 2 N–H and O–H groups in total. The summed E-state index contributed by atoms with van der Waals surface area (Å²) in [6.07, 6.45) is 11.0.